The number of nitriles is 1. The van der Waals surface area contributed by atoms with Crippen LogP contribution in [0.4, 0.5) is 11.4 Å². The van der Waals surface area contributed by atoms with Crippen molar-refractivity contribution in [1.82, 2.24) is 14.7 Å². The van der Waals surface area contributed by atoms with Gasteiger partial charge in [-0.05, 0) is 76.3 Å². The standard InChI is InChI=1S/C25H27ClN6O/c1-17-23(16-28-32(17)22-7-4-19(26)5-8-22)25(33)29-20-6-9-24(18(14-20)15-27)31-12-10-21(11-13-31)30(2)3/h4-9,14,16,21H,10-13H2,1-3H3,(H,29,33). The van der Waals surface area contributed by atoms with E-state index in [1.54, 1.807) is 29.1 Å². The Morgan fingerprint density at radius 2 is 1.88 bits per heavy atom. The molecule has 2 heterocycles. The molecular formula is C25H27ClN6O. The number of nitrogens with zero attached hydrogens (tertiary/aromatic N) is 5. The number of piperidine rings is 1. The lowest BCUT2D eigenvalue weighted by Crippen LogP contribution is -2.42. The van der Waals surface area contributed by atoms with E-state index in [2.05, 4.69) is 40.4 Å². The van der Waals surface area contributed by atoms with E-state index in [1.807, 2.05) is 31.2 Å². The molecule has 1 aliphatic rings. The molecule has 1 N–H and O–H groups in total. The summed E-state index contributed by atoms with van der Waals surface area (Å²) in [6, 6.07) is 15.6. The first-order valence-electron chi connectivity index (χ1n) is 10.9. The molecule has 2 aromatic carbocycles. The summed E-state index contributed by atoms with van der Waals surface area (Å²) < 4.78 is 1.70. The number of hydrogen-bond acceptors (Lipinski definition) is 5. The molecule has 1 fully saturated rings. The first-order valence-corrected chi connectivity index (χ1v) is 11.3. The van der Waals surface area contributed by atoms with Crippen LogP contribution in [0.5, 0.6) is 0 Å². The second-order valence-electron chi connectivity index (χ2n) is 8.51. The summed E-state index contributed by atoms with van der Waals surface area (Å²) in [4.78, 5) is 17.5. The zero-order valence-corrected chi connectivity index (χ0v) is 19.8. The van der Waals surface area contributed by atoms with Gasteiger partial charge in [-0.3, -0.25) is 4.79 Å². The third kappa shape index (κ3) is 4.87. The van der Waals surface area contributed by atoms with Gasteiger partial charge in [-0.25, -0.2) is 4.68 Å². The number of carbonyl (C=O) groups is 1. The molecule has 0 atom stereocenters. The van der Waals surface area contributed by atoms with Crippen molar-refractivity contribution in [3.63, 3.8) is 0 Å². The Bertz CT molecular complexity index is 1190. The van der Waals surface area contributed by atoms with Gasteiger partial charge in [-0.1, -0.05) is 11.6 Å². The highest BCUT2D eigenvalue weighted by Gasteiger charge is 2.23. The minimum absolute atomic E-state index is 0.267. The van der Waals surface area contributed by atoms with Crippen LogP contribution in [0.1, 0.15) is 34.5 Å². The first kappa shape index (κ1) is 22.8. The molecular weight excluding hydrogens is 436 g/mol. The summed E-state index contributed by atoms with van der Waals surface area (Å²) in [5.41, 5.74) is 4.07. The molecule has 7 nitrogen and oxygen atoms in total. The molecule has 0 saturated carbocycles. The Balaban J connectivity index is 1.49. The number of aromatic nitrogens is 2. The molecule has 1 saturated heterocycles. The molecule has 170 valence electrons. The third-order valence-corrected chi connectivity index (χ3v) is 6.49. The minimum Gasteiger partial charge on any atom is -0.370 e. The van der Waals surface area contributed by atoms with E-state index < -0.39 is 0 Å². The maximum absolute atomic E-state index is 12.9. The number of rotatable bonds is 5. The summed E-state index contributed by atoms with van der Waals surface area (Å²) in [6.45, 7) is 3.66. The van der Waals surface area contributed by atoms with Crippen molar-refractivity contribution in [2.75, 3.05) is 37.4 Å². The van der Waals surface area contributed by atoms with Gasteiger partial charge in [0.05, 0.1) is 34.4 Å². The van der Waals surface area contributed by atoms with E-state index in [-0.39, 0.29) is 5.91 Å². The maximum Gasteiger partial charge on any atom is 0.259 e. The molecule has 4 rings (SSSR count). The van der Waals surface area contributed by atoms with E-state index in [4.69, 9.17) is 11.6 Å². The number of halogens is 1. The van der Waals surface area contributed by atoms with Gasteiger partial charge in [-0.2, -0.15) is 10.4 Å². The lowest BCUT2D eigenvalue weighted by atomic mass is 10.0. The fourth-order valence-electron chi connectivity index (χ4n) is 4.28. The quantitative estimate of drug-likeness (QED) is 0.604. The molecule has 1 aromatic heterocycles. The van der Waals surface area contributed by atoms with Crippen molar-refractivity contribution in [2.45, 2.75) is 25.8 Å². The highest BCUT2D eigenvalue weighted by molar-refractivity contribution is 6.30. The summed E-state index contributed by atoms with van der Waals surface area (Å²) in [5, 5.41) is 17.6. The van der Waals surface area contributed by atoms with Crippen LogP contribution in [0, 0.1) is 18.3 Å². The normalized spacial score (nSPS) is 14.4. The average molecular weight is 463 g/mol. The summed E-state index contributed by atoms with van der Waals surface area (Å²) in [6.07, 6.45) is 3.67. The molecule has 33 heavy (non-hydrogen) atoms. The number of anilines is 2. The van der Waals surface area contributed by atoms with Gasteiger partial charge in [-0.15, -0.1) is 0 Å². The van der Waals surface area contributed by atoms with Crippen molar-refractivity contribution in [3.8, 4) is 11.8 Å². The molecule has 0 unspecified atom stereocenters. The van der Waals surface area contributed by atoms with Gasteiger partial charge in [0.15, 0.2) is 0 Å². The van der Waals surface area contributed by atoms with Gasteiger partial charge in [0.1, 0.15) is 6.07 Å². The second-order valence-corrected chi connectivity index (χ2v) is 8.95. The van der Waals surface area contributed by atoms with E-state index >= 15 is 0 Å². The van der Waals surface area contributed by atoms with Crippen LogP contribution < -0.4 is 10.2 Å². The predicted molar refractivity (Wildman–Crippen MR) is 131 cm³/mol. The maximum atomic E-state index is 12.9. The van der Waals surface area contributed by atoms with Crippen LogP contribution in [0.15, 0.2) is 48.7 Å². The second kappa shape index (κ2) is 9.65. The highest BCUT2D eigenvalue weighted by Crippen LogP contribution is 2.28. The smallest absolute Gasteiger partial charge is 0.259 e. The van der Waals surface area contributed by atoms with Crippen molar-refractivity contribution in [1.29, 1.82) is 5.26 Å². The third-order valence-electron chi connectivity index (χ3n) is 6.24. The zero-order chi connectivity index (χ0) is 23.5. The first-order chi connectivity index (χ1) is 15.9. The van der Waals surface area contributed by atoms with Gasteiger partial charge < -0.3 is 15.1 Å². The van der Waals surface area contributed by atoms with E-state index in [0.717, 1.165) is 43.0 Å². The molecule has 0 radical (unpaired) electrons. The molecule has 1 aliphatic heterocycles. The molecule has 0 aliphatic carbocycles. The van der Waals surface area contributed by atoms with Crippen LogP contribution in [-0.2, 0) is 0 Å². The van der Waals surface area contributed by atoms with Crippen LogP contribution in [0.2, 0.25) is 5.02 Å². The number of amides is 1. The van der Waals surface area contributed by atoms with Crippen LogP contribution in [0.3, 0.4) is 0 Å². The van der Waals surface area contributed by atoms with Gasteiger partial charge in [0.25, 0.3) is 5.91 Å². The Labute approximate surface area is 199 Å². The summed E-state index contributed by atoms with van der Waals surface area (Å²) >= 11 is 5.97. The van der Waals surface area contributed by atoms with E-state index in [0.29, 0.717) is 27.9 Å². The average Bonchev–Trinajstić information content (AvgIpc) is 3.21. The number of hydrogen-bond donors (Lipinski definition) is 1. The van der Waals surface area contributed by atoms with Crippen molar-refractivity contribution in [2.24, 2.45) is 0 Å². The number of carbonyl (C=O) groups excluding carboxylic acids is 1. The Hall–Kier alpha value is -3.34. The zero-order valence-electron chi connectivity index (χ0n) is 19.0. The Kier molecular flexibility index (Phi) is 6.68. The molecule has 8 heteroatoms. The topological polar surface area (TPSA) is 77.2 Å². The highest BCUT2D eigenvalue weighted by atomic mass is 35.5. The van der Waals surface area contributed by atoms with E-state index in [9.17, 15) is 10.1 Å². The fourth-order valence-corrected chi connectivity index (χ4v) is 4.40. The minimum atomic E-state index is -0.267. The van der Waals surface area contributed by atoms with Gasteiger partial charge in [0, 0.05) is 29.8 Å². The van der Waals surface area contributed by atoms with Crippen molar-refractivity contribution >= 4 is 28.9 Å². The Morgan fingerprint density at radius 1 is 1.18 bits per heavy atom. The van der Waals surface area contributed by atoms with Gasteiger partial charge in [0.2, 0.25) is 0 Å². The summed E-state index contributed by atoms with van der Waals surface area (Å²) in [7, 11) is 4.22. The largest absolute Gasteiger partial charge is 0.370 e. The fraction of sp³-hybridized carbons (Fsp3) is 0.320. The van der Waals surface area contributed by atoms with Crippen molar-refractivity contribution < 1.29 is 4.79 Å². The van der Waals surface area contributed by atoms with Crippen LogP contribution >= 0.6 is 11.6 Å². The predicted octanol–water partition coefficient (Wildman–Crippen LogP) is 4.49. The lowest BCUT2D eigenvalue weighted by Gasteiger charge is -2.36. The van der Waals surface area contributed by atoms with Crippen LogP contribution in [0.25, 0.3) is 5.69 Å². The van der Waals surface area contributed by atoms with Crippen LogP contribution in [-0.4, -0.2) is 53.8 Å². The Morgan fingerprint density at radius 3 is 2.52 bits per heavy atom. The molecule has 3 aromatic rings. The SMILES string of the molecule is Cc1c(C(=O)Nc2ccc(N3CCC(N(C)C)CC3)c(C#N)c2)cnn1-c1ccc(Cl)cc1. The van der Waals surface area contributed by atoms with Gasteiger partial charge >= 0.3 is 0 Å². The van der Waals surface area contributed by atoms with Crippen molar-refractivity contribution in [3.05, 3.63) is 70.5 Å². The lowest BCUT2D eigenvalue weighted by molar-refractivity contribution is 0.102. The molecule has 1 amide bonds. The molecule has 0 bridgehead atoms. The monoisotopic (exact) mass is 462 g/mol. The number of benzene rings is 2. The molecule has 0 spiro atoms. The number of nitrogens with one attached hydrogen (secondary N) is 1. The summed E-state index contributed by atoms with van der Waals surface area (Å²) in [5.74, 6) is -0.267. The van der Waals surface area contributed by atoms with E-state index in [1.165, 1.54) is 0 Å².